The maximum atomic E-state index is 10.8. The van der Waals surface area contributed by atoms with Crippen molar-refractivity contribution in [3.63, 3.8) is 0 Å². The fraction of sp³-hybridized carbons (Fsp3) is 0.917. The van der Waals surface area contributed by atoms with Crippen LogP contribution in [0.25, 0.3) is 0 Å². The van der Waals surface area contributed by atoms with E-state index < -0.39 is 17.1 Å². The molecule has 1 aliphatic rings. The highest BCUT2D eigenvalue weighted by Gasteiger charge is 2.50. The minimum atomic E-state index is -0.891. The Balaban J connectivity index is 2.83. The van der Waals surface area contributed by atoms with Crippen LogP contribution in [0.4, 0.5) is 0 Å². The summed E-state index contributed by atoms with van der Waals surface area (Å²) in [6.07, 6.45) is 0.647. The first-order valence-electron chi connectivity index (χ1n) is 5.71. The lowest BCUT2D eigenvalue weighted by molar-refractivity contribution is -0.172. The van der Waals surface area contributed by atoms with Crippen molar-refractivity contribution in [3.05, 3.63) is 0 Å². The average molecular weight is 230 g/mol. The number of aliphatic hydroxyl groups is 2. The van der Waals surface area contributed by atoms with E-state index in [1.165, 1.54) is 6.92 Å². The summed E-state index contributed by atoms with van der Waals surface area (Å²) in [5.74, 6) is -0.598. The second-order valence-electron chi connectivity index (χ2n) is 5.59. The van der Waals surface area contributed by atoms with E-state index in [-0.39, 0.29) is 18.5 Å². The zero-order chi connectivity index (χ0) is 12.6. The summed E-state index contributed by atoms with van der Waals surface area (Å²) in [4.78, 5) is 10.8. The average Bonchev–Trinajstić information content (AvgIpc) is 2.11. The highest BCUT2D eigenvalue weighted by Crippen LogP contribution is 2.46. The lowest BCUT2D eigenvalue weighted by atomic mass is 9.60. The number of rotatable bonds is 2. The zero-order valence-electron chi connectivity index (χ0n) is 10.5. The number of esters is 1. The first-order chi connectivity index (χ1) is 7.18. The molecular formula is C12H22O4. The second-order valence-corrected chi connectivity index (χ2v) is 5.59. The van der Waals surface area contributed by atoms with Crippen molar-refractivity contribution in [2.45, 2.75) is 52.2 Å². The highest BCUT2D eigenvalue weighted by atomic mass is 16.5. The molecule has 2 N–H and O–H groups in total. The van der Waals surface area contributed by atoms with Gasteiger partial charge in [0.15, 0.2) is 0 Å². The predicted molar refractivity (Wildman–Crippen MR) is 59.8 cm³/mol. The quantitative estimate of drug-likeness (QED) is 0.697. The summed E-state index contributed by atoms with van der Waals surface area (Å²) < 4.78 is 4.99. The van der Waals surface area contributed by atoms with Gasteiger partial charge in [-0.25, -0.2) is 0 Å². The summed E-state index contributed by atoms with van der Waals surface area (Å²) >= 11 is 0. The molecule has 0 aromatic rings. The third-order valence-corrected chi connectivity index (χ3v) is 3.88. The van der Waals surface area contributed by atoms with Gasteiger partial charge in [0.05, 0.1) is 18.3 Å². The van der Waals surface area contributed by atoms with Gasteiger partial charge in [-0.05, 0) is 25.2 Å². The van der Waals surface area contributed by atoms with Gasteiger partial charge in [0.1, 0.15) is 0 Å². The normalized spacial score (nSPS) is 38.1. The van der Waals surface area contributed by atoms with Crippen LogP contribution in [0.5, 0.6) is 0 Å². The molecule has 1 aliphatic carbocycles. The van der Waals surface area contributed by atoms with E-state index >= 15 is 0 Å². The third kappa shape index (κ3) is 2.55. The van der Waals surface area contributed by atoms with Gasteiger partial charge < -0.3 is 14.9 Å². The van der Waals surface area contributed by atoms with E-state index in [0.717, 1.165) is 0 Å². The molecule has 1 rings (SSSR count). The Bertz CT molecular complexity index is 270. The van der Waals surface area contributed by atoms with Gasteiger partial charge in [-0.2, -0.15) is 0 Å². The van der Waals surface area contributed by atoms with Gasteiger partial charge in [-0.3, -0.25) is 4.79 Å². The summed E-state index contributed by atoms with van der Waals surface area (Å²) in [5, 5.41) is 20.3. The largest absolute Gasteiger partial charge is 0.465 e. The molecule has 0 spiro atoms. The smallest absolute Gasteiger partial charge is 0.302 e. The third-order valence-electron chi connectivity index (χ3n) is 3.88. The van der Waals surface area contributed by atoms with Gasteiger partial charge in [-0.15, -0.1) is 0 Å². The summed E-state index contributed by atoms with van der Waals surface area (Å²) in [6, 6.07) is 0. The summed E-state index contributed by atoms with van der Waals surface area (Å²) in [7, 11) is 0. The second kappa shape index (κ2) is 4.34. The molecule has 3 unspecified atom stereocenters. The lowest BCUT2D eigenvalue weighted by Crippen LogP contribution is -2.55. The van der Waals surface area contributed by atoms with Gasteiger partial charge in [0.25, 0.3) is 0 Å². The van der Waals surface area contributed by atoms with Crippen molar-refractivity contribution in [2.24, 2.45) is 11.3 Å². The maximum Gasteiger partial charge on any atom is 0.302 e. The van der Waals surface area contributed by atoms with Gasteiger partial charge in [0, 0.05) is 12.8 Å². The molecule has 0 heterocycles. The van der Waals surface area contributed by atoms with E-state index in [1.54, 1.807) is 6.92 Å². The molecule has 3 atom stereocenters. The van der Waals surface area contributed by atoms with Crippen molar-refractivity contribution < 1.29 is 19.7 Å². The molecule has 1 fully saturated rings. The first-order valence-corrected chi connectivity index (χ1v) is 5.71. The van der Waals surface area contributed by atoms with Crippen LogP contribution < -0.4 is 0 Å². The molecule has 4 nitrogen and oxygen atoms in total. The molecule has 0 aromatic carbocycles. The lowest BCUT2D eigenvalue weighted by Gasteiger charge is -2.50. The molecule has 0 aromatic heterocycles. The highest BCUT2D eigenvalue weighted by molar-refractivity contribution is 5.65. The van der Waals surface area contributed by atoms with Crippen LogP contribution in [-0.2, 0) is 9.53 Å². The van der Waals surface area contributed by atoms with Crippen LogP contribution in [0.3, 0.4) is 0 Å². The molecule has 0 radical (unpaired) electrons. The number of ether oxygens (including phenoxy) is 1. The van der Waals surface area contributed by atoms with Crippen LogP contribution in [0, 0.1) is 11.3 Å². The Morgan fingerprint density at radius 1 is 1.44 bits per heavy atom. The van der Waals surface area contributed by atoms with Crippen molar-refractivity contribution in [2.75, 3.05) is 6.61 Å². The number of aliphatic hydroxyl groups excluding tert-OH is 1. The molecule has 94 valence electrons. The Hall–Kier alpha value is -0.610. The predicted octanol–water partition coefficient (Wildman–Crippen LogP) is 1.10. The SMILES string of the molecule is CC(=O)OCC1C(C)(O)CCC(O)C1(C)C. The monoisotopic (exact) mass is 230 g/mol. The van der Waals surface area contributed by atoms with Crippen molar-refractivity contribution in [1.82, 2.24) is 0 Å². The van der Waals surface area contributed by atoms with Crippen molar-refractivity contribution >= 4 is 5.97 Å². The van der Waals surface area contributed by atoms with E-state index in [1.807, 2.05) is 13.8 Å². The van der Waals surface area contributed by atoms with Crippen LogP contribution in [0.15, 0.2) is 0 Å². The fourth-order valence-corrected chi connectivity index (χ4v) is 2.60. The van der Waals surface area contributed by atoms with Crippen molar-refractivity contribution in [1.29, 1.82) is 0 Å². The van der Waals surface area contributed by atoms with E-state index in [4.69, 9.17) is 4.74 Å². The van der Waals surface area contributed by atoms with Crippen molar-refractivity contribution in [3.8, 4) is 0 Å². The van der Waals surface area contributed by atoms with E-state index in [2.05, 4.69) is 0 Å². The number of carbonyl (C=O) groups excluding carboxylic acids is 1. The van der Waals surface area contributed by atoms with E-state index in [0.29, 0.717) is 12.8 Å². The minimum Gasteiger partial charge on any atom is -0.465 e. The van der Waals surface area contributed by atoms with Crippen LogP contribution in [0.2, 0.25) is 0 Å². The van der Waals surface area contributed by atoms with Crippen LogP contribution in [-0.4, -0.2) is 34.5 Å². The minimum absolute atomic E-state index is 0.159. The van der Waals surface area contributed by atoms with Gasteiger partial charge >= 0.3 is 5.97 Å². The molecule has 0 aliphatic heterocycles. The molecular weight excluding hydrogens is 208 g/mol. The number of hydrogen-bond acceptors (Lipinski definition) is 4. The Kier molecular flexibility index (Phi) is 3.65. The van der Waals surface area contributed by atoms with Gasteiger partial charge in [-0.1, -0.05) is 13.8 Å². The first kappa shape index (κ1) is 13.5. The Morgan fingerprint density at radius 2 is 2.00 bits per heavy atom. The number of hydrogen-bond donors (Lipinski definition) is 2. The molecule has 16 heavy (non-hydrogen) atoms. The van der Waals surface area contributed by atoms with E-state index in [9.17, 15) is 15.0 Å². The molecule has 0 amide bonds. The standard InChI is InChI=1S/C12H22O4/c1-8(13)16-7-9-11(2,3)10(14)5-6-12(9,4)15/h9-10,14-15H,5-7H2,1-4H3. The molecule has 1 saturated carbocycles. The molecule has 4 heteroatoms. The van der Waals surface area contributed by atoms with Gasteiger partial charge in [0.2, 0.25) is 0 Å². The fourth-order valence-electron chi connectivity index (χ4n) is 2.60. The summed E-state index contributed by atoms with van der Waals surface area (Å²) in [6.45, 7) is 7.06. The maximum absolute atomic E-state index is 10.8. The number of carbonyl (C=O) groups is 1. The summed E-state index contributed by atoms with van der Waals surface area (Å²) in [5.41, 5.74) is -1.34. The molecule has 0 bridgehead atoms. The zero-order valence-corrected chi connectivity index (χ0v) is 10.5. The van der Waals surface area contributed by atoms with Crippen LogP contribution in [0.1, 0.15) is 40.5 Å². The Morgan fingerprint density at radius 3 is 2.50 bits per heavy atom. The Labute approximate surface area is 96.6 Å². The van der Waals surface area contributed by atoms with Crippen LogP contribution >= 0.6 is 0 Å². The topological polar surface area (TPSA) is 66.8 Å². The molecule has 0 saturated heterocycles.